The molecule has 43 heteroatoms. The number of phenols is 1. The Bertz CT molecular complexity index is 5240. The van der Waals surface area contributed by atoms with E-state index in [4.69, 9.17) is 11.5 Å². The molecule has 2 aliphatic rings. The number of hydrogen-bond donors (Lipinski definition) is 17. The molecule has 2 fully saturated rings. The van der Waals surface area contributed by atoms with Crippen LogP contribution >= 0.6 is 11.8 Å². The van der Waals surface area contributed by atoms with Crippen molar-refractivity contribution in [2.24, 2.45) is 17.4 Å². The molecule has 2 aliphatic heterocycles. The van der Waals surface area contributed by atoms with Crippen LogP contribution in [-0.4, -0.2) is 310 Å². The van der Waals surface area contributed by atoms with Crippen LogP contribution in [-0.2, 0) is 118 Å². The lowest BCUT2D eigenvalue weighted by molar-refractivity contribution is -0.152. The standard InChI is InChI=1S/C92H116F2N16O24S/c1-7-8-23-70(91(133)110-46-59(114)41-72(110)86(128)99-56(47-111)40-79(121)122)106(4)90(132)74(38-52-19-13-10-14-20-52)108(6)88(130)68(36-54-26-29-61(93)62(94)34-54)100-76(116)49-135-48-69(81(123)98-44-75(95)115)105-82(124)64(30-32-77(117)118)101-83(125)66(35-53-24-27-57(112)28-25-53)103-84(126)67(39-55-43-97-63-22-16-15-21-60(55)63)104-87(129)73-42-58(113)45-109(73)89(131)65(31-33-78(119)120)102-85(127)71(37-51-17-11-9-12-18-51)107(5)92(134)80(96)50(2)3/h9-22,24-29,34,43,47,50,56,58-59,64-74,80,97,112-114H,7-8,23,30-33,35-42,44-46,48-49,96H2,1-6H3,(H2,95,115)(H,98,123)(H,99,128)(H,100,116)(H,101,125)(H,102,127)(H,103,126)(H,104,129)(H,105,124)(H,117,118)(H,119,120)(H,121,122)/t56-,58+,59+,64-,65-,66-,67-,68-,69-,70-,71+,72+,73+,74-,80-/m0/s1. The first kappa shape index (κ1) is 107. The Hall–Kier alpha value is -13.8. The van der Waals surface area contributed by atoms with E-state index >= 15 is 33.2 Å². The highest BCUT2D eigenvalue weighted by atomic mass is 32.2. The number of H-pyrrole nitrogens is 1. The summed E-state index contributed by atoms with van der Waals surface area (Å²) in [5.74, 6) is -23.1. The number of carboxylic acids is 3. The first-order chi connectivity index (χ1) is 64.1. The number of aromatic amines is 1. The van der Waals surface area contributed by atoms with Crippen LogP contribution in [0.25, 0.3) is 10.9 Å². The van der Waals surface area contributed by atoms with Crippen LogP contribution in [0.4, 0.5) is 8.78 Å². The van der Waals surface area contributed by atoms with E-state index in [9.17, 15) is 92.6 Å². The zero-order chi connectivity index (χ0) is 99.2. The predicted molar refractivity (Wildman–Crippen MR) is 484 cm³/mol. The molecule has 0 saturated carbocycles. The van der Waals surface area contributed by atoms with Gasteiger partial charge < -0.3 is 119 Å². The lowest BCUT2D eigenvalue weighted by atomic mass is 9.99. The Morgan fingerprint density at radius 1 is 0.526 bits per heavy atom. The number of β-amino-alcohol motifs (C(OH)–C–C–N with tert-alkyl or cyclic N) is 2. The minimum absolute atomic E-state index is 0.0391. The molecule has 728 valence electrons. The number of likely N-dealkylation sites (N-methyl/N-ethyl adjacent to an activating group) is 3. The Kier molecular flexibility index (Phi) is 40.2. The van der Waals surface area contributed by atoms with Crippen LogP contribution in [0.3, 0.4) is 0 Å². The number of benzene rings is 5. The number of nitrogens with one attached hydrogen (secondary N) is 9. The van der Waals surface area contributed by atoms with Crippen LogP contribution < -0.4 is 54.0 Å². The van der Waals surface area contributed by atoms with Gasteiger partial charge in [0.1, 0.15) is 78.5 Å². The van der Waals surface area contributed by atoms with Crippen molar-refractivity contribution < 1.29 is 126 Å². The molecule has 6 aromatic rings. The molecular weight excluding hydrogens is 1780 g/mol. The number of carbonyl (C=O) groups is 18. The van der Waals surface area contributed by atoms with Crippen LogP contribution in [0.15, 0.2) is 134 Å². The number of phenolic OH excluding ortho intramolecular Hbond substituents is 1. The first-order valence-corrected chi connectivity index (χ1v) is 45.0. The van der Waals surface area contributed by atoms with E-state index in [-0.39, 0.29) is 54.8 Å². The number of aldehydes is 1. The van der Waals surface area contributed by atoms with Crippen molar-refractivity contribution in [3.63, 3.8) is 0 Å². The molecule has 40 nitrogen and oxygen atoms in total. The van der Waals surface area contributed by atoms with Gasteiger partial charge in [-0.25, -0.2) is 8.78 Å². The number of aliphatic carboxylic acids is 3. The summed E-state index contributed by atoms with van der Waals surface area (Å²) in [4.78, 5) is 260. The third-order valence-electron chi connectivity index (χ3n) is 23.2. The number of aromatic hydroxyl groups is 1. The molecule has 0 aliphatic carbocycles. The maximum Gasteiger partial charge on any atom is 0.305 e. The minimum Gasteiger partial charge on any atom is -0.508 e. The van der Waals surface area contributed by atoms with Gasteiger partial charge in [0, 0.05) is 115 Å². The molecular formula is C92H116F2N16O24S. The Balaban J connectivity index is 1.05. The molecule has 2 saturated heterocycles. The van der Waals surface area contributed by atoms with Crippen molar-refractivity contribution >= 4 is 130 Å². The largest absolute Gasteiger partial charge is 0.508 e. The van der Waals surface area contributed by atoms with Crippen molar-refractivity contribution in [2.45, 2.75) is 208 Å². The van der Waals surface area contributed by atoms with Gasteiger partial charge in [-0.3, -0.25) is 81.5 Å². The third-order valence-corrected chi connectivity index (χ3v) is 24.3. The van der Waals surface area contributed by atoms with Gasteiger partial charge in [0.25, 0.3) is 0 Å². The molecule has 8 rings (SSSR count). The Morgan fingerprint density at radius 2 is 1.03 bits per heavy atom. The predicted octanol–water partition coefficient (Wildman–Crippen LogP) is -0.625. The van der Waals surface area contributed by atoms with Gasteiger partial charge in [-0.2, -0.15) is 0 Å². The van der Waals surface area contributed by atoms with Crippen molar-refractivity contribution in [3.05, 3.63) is 173 Å². The quantitative estimate of drug-likeness (QED) is 0.0212. The molecule has 14 amide bonds. The number of fused-ring (bicyclic) bond motifs is 1. The number of unbranched alkanes of at least 4 members (excludes halogenated alkanes) is 1. The number of aliphatic hydroxyl groups is 2. The van der Waals surface area contributed by atoms with E-state index in [2.05, 4.69) is 47.5 Å². The smallest absolute Gasteiger partial charge is 0.305 e. The maximum atomic E-state index is 15.4. The number of halogens is 2. The second-order valence-corrected chi connectivity index (χ2v) is 34.7. The number of likely N-dealkylation sites (tertiary alicyclic amines) is 2. The van der Waals surface area contributed by atoms with Crippen molar-refractivity contribution in [1.29, 1.82) is 0 Å². The second kappa shape index (κ2) is 50.9. The molecule has 0 unspecified atom stereocenters. The molecule has 1 aromatic heterocycles. The van der Waals surface area contributed by atoms with Crippen LogP contribution in [0, 0.1) is 17.6 Å². The number of hydrogen-bond acceptors (Lipinski definition) is 23. The normalized spacial score (nSPS) is 17.0. The summed E-state index contributed by atoms with van der Waals surface area (Å²) in [5.41, 5.74) is 13.9. The number of nitrogens with zero attached hydrogens (tertiary/aromatic N) is 5. The number of carbonyl (C=O) groups excluding carboxylic acids is 15. The number of thioether (sulfide) groups is 1. The van der Waals surface area contributed by atoms with Gasteiger partial charge in [0.05, 0.1) is 43.0 Å². The average Bonchev–Trinajstić information content (AvgIpc) is 1.72. The fourth-order valence-corrected chi connectivity index (χ4v) is 16.6. The number of aliphatic hydroxyl groups excluding tert-OH is 2. The second-order valence-electron chi connectivity index (χ2n) is 33.7. The van der Waals surface area contributed by atoms with Gasteiger partial charge >= 0.3 is 17.9 Å². The van der Waals surface area contributed by atoms with E-state index in [0.29, 0.717) is 52.2 Å². The van der Waals surface area contributed by atoms with Gasteiger partial charge in [-0.05, 0) is 83.3 Å². The maximum absolute atomic E-state index is 15.4. The van der Waals surface area contributed by atoms with E-state index in [1.54, 1.807) is 106 Å². The van der Waals surface area contributed by atoms with Crippen molar-refractivity contribution in [1.82, 2.24) is 72.0 Å². The summed E-state index contributed by atoms with van der Waals surface area (Å²) >= 11 is 0.606. The van der Waals surface area contributed by atoms with Gasteiger partial charge in [0.2, 0.25) is 82.7 Å². The monoisotopic (exact) mass is 1900 g/mol. The average molecular weight is 1900 g/mol. The Labute approximate surface area is 779 Å². The zero-order valence-electron chi connectivity index (χ0n) is 75.2. The summed E-state index contributed by atoms with van der Waals surface area (Å²) in [6.07, 6.45) is -6.60. The molecule has 0 bridgehead atoms. The van der Waals surface area contributed by atoms with Crippen LogP contribution in [0.5, 0.6) is 5.75 Å². The van der Waals surface area contributed by atoms with E-state index < -0.39 is 292 Å². The molecule has 3 heterocycles. The Morgan fingerprint density at radius 3 is 1.60 bits per heavy atom. The SMILES string of the molecule is CCCC[C@@H](C(=O)N1C[C@H](O)C[C@@H]1C(=O)N[C@H](C=O)CC(=O)O)N(C)C(=O)[C@H](Cc1ccccc1)N(C)C(=O)[C@H](Cc1ccc(F)c(F)c1)NC(=O)CSC[C@H](NC(=O)[C@H](CCC(=O)O)NC(=O)[C@H](Cc1ccc(O)cc1)NC(=O)[C@H](Cc1c[nH]c2ccccc12)NC(=O)[C@H]1C[C@@H](O)CN1C(=O)[C@H](CCC(=O)O)NC(=O)[C@@H](Cc1ccccc1)N(C)C(=O)[C@@H](N)C(C)C)C(=O)NCC(N)=O. The van der Waals surface area contributed by atoms with E-state index in [0.717, 1.165) is 42.7 Å². The number of nitrogens with two attached hydrogens (primary N) is 2. The van der Waals surface area contributed by atoms with Crippen LogP contribution in [0.2, 0.25) is 0 Å². The molecule has 15 atom stereocenters. The lowest BCUT2D eigenvalue weighted by Crippen LogP contribution is -2.61. The summed E-state index contributed by atoms with van der Waals surface area (Å²) in [6, 6.07) is 10.5. The summed E-state index contributed by atoms with van der Waals surface area (Å²) in [7, 11) is 3.82. The molecule has 135 heavy (non-hydrogen) atoms. The highest BCUT2D eigenvalue weighted by Crippen LogP contribution is 2.28. The summed E-state index contributed by atoms with van der Waals surface area (Å²) in [5, 5.41) is 82.3. The summed E-state index contributed by atoms with van der Waals surface area (Å²) in [6.45, 7) is 3.36. The molecule has 0 spiro atoms. The molecule has 0 radical (unpaired) electrons. The number of carboxylic acid groups (broad SMARTS) is 3. The van der Waals surface area contributed by atoms with Crippen molar-refractivity contribution in [3.8, 4) is 5.75 Å². The van der Waals surface area contributed by atoms with E-state index in [1.165, 1.54) is 51.6 Å². The van der Waals surface area contributed by atoms with E-state index in [1.807, 2.05) is 0 Å². The number of primary amides is 1. The number of aromatic nitrogens is 1. The first-order valence-electron chi connectivity index (χ1n) is 43.8. The molecule has 19 N–H and O–H groups in total. The topological polar surface area (TPSA) is 609 Å². The molecule has 5 aromatic carbocycles. The summed E-state index contributed by atoms with van der Waals surface area (Å²) < 4.78 is 29.7. The number of para-hydroxylation sites is 1. The zero-order valence-corrected chi connectivity index (χ0v) is 76.1. The lowest BCUT2D eigenvalue weighted by Gasteiger charge is -2.37. The minimum atomic E-state index is -1.96. The highest BCUT2D eigenvalue weighted by Gasteiger charge is 2.48. The third kappa shape index (κ3) is 31.1. The van der Waals surface area contributed by atoms with Gasteiger partial charge in [-0.1, -0.05) is 131 Å². The van der Waals surface area contributed by atoms with Gasteiger partial charge in [-0.15, -0.1) is 11.8 Å². The highest BCUT2D eigenvalue weighted by molar-refractivity contribution is 8.00. The van der Waals surface area contributed by atoms with Crippen LogP contribution in [0.1, 0.15) is 113 Å². The van der Waals surface area contributed by atoms with Crippen molar-refractivity contribution in [2.75, 3.05) is 52.3 Å². The number of amides is 14. The van der Waals surface area contributed by atoms with Gasteiger partial charge in [0.15, 0.2) is 11.6 Å². The fourth-order valence-electron chi connectivity index (χ4n) is 15.7. The fraction of sp³-hybridized carbons (Fsp3) is 0.457. The number of rotatable bonds is 51.